The maximum absolute atomic E-state index is 12.6. The number of ether oxygens (including phenoxy) is 1. The van der Waals surface area contributed by atoms with Gasteiger partial charge in [-0.05, 0) is 60.5 Å². The summed E-state index contributed by atoms with van der Waals surface area (Å²) in [6, 6.07) is 6.26. The van der Waals surface area contributed by atoms with Gasteiger partial charge in [-0.2, -0.15) is 13.2 Å². The molecule has 2 aromatic rings. The average Bonchev–Trinajstić information content (AvgIpc) is 2.78. The summed E-state index contributed by atoms with van der Waals surface area (Å²) in [6.07, 6.45) is -3.48. The summed E-state index contributed by atoms with van der Waals surface area (Å²) < 4.78 is 45.1. The molecule has 0 amide bonds. The fourth-order valence-corrected chi connectivity index (χ4v) is 2.37. The second-order valence-electron chi connectivity index (χ2n) is 5.97. The second kappa shape index (κ2) is 6.03. The van der Waals surface area contributed by atoms with Crippen LogP contribution in [0.15, 0.2) is 41.0 Å². The van der Waals surface area contributed by atoms with E-state index in [2.05, 4.69) is 15.9 Å². The molecule has 0 aliphatic heterocycles. The lowest BCUT2D eigenvalue weighted by molar-refractivity contribution is -0.137. The number of aromatic nitrogens is 1. The third kappa shape index (κ3) is 4.37. The molecule has 7 heteroatoms. The predicted molar refractivity (Wildman–Crippen MR) is 84.2 cm³/mol. The molecule has 3 nitrogen and oxygen atoms in total. The van der Waals surface area contributed by atoms with Gasteiger partial charge in [0.1, 0.15) is 5.60 Å². The highest BCUT2D eigenvalue weighted by molar-refractivity contribution is 9.10. The van der Waals surface area contributed by atoms with Gasteiger partial charge in [-0.25, -0.2) is 4.79 Å². The minimum absolute atomic E-state index is 0.444. The molecule has 2 rings (SSSR count). The highest BCUT2D eigenvalue weighted by Crippen LogP contribution is 2.32. The van der Waals surface area contributed by atoms with Crippen molar-refractivity contribution < 1.29 is 22.7 Å². The standard InChI is InChI=1S/C16H15BrF3NO2/c1-15(2,3)23-14(22)21-9-12(17)8-13(21)10-4-6-11(7-5-10)16(18,19)20/h4-9H,1-3H3. The second-order valence-corrected chi connectivity index (χ2v) is 6.88. The van der Waals surface area contributed by atoms with E-state index in [0.717, 1.165) is 12.1 Å². The Kier molecular flexibility index (Phi) is 4.61. The Balaban J connectivity index is 2.39. The fraction of sp³-hybridized carbons (Fsp3) is 0.312. The molecule has 0 fully saturated rings. The first-order chi connectivity index (χ1) is 10.5. The molecule has 0 saturated carbocycles. The maximum Gasteiger partial charge on any atom is 0.419 e. The van der Waals surface area contributed by atoms with Crippen LogP contribution in [0.5, 0.6) is 0 Å². The smallest absolute Gasteiger partial charge is 0.419 e. The van der Waals surface area contributed by atoms with E-state index >= 15 is 0 Å². The summed E-state index contributed by atoms with van der Waals surface area (Å²) >= 11 is 3.27. The Hall–Kier alpha value is -1.76. The van der Waals surface area contributed by atoms with E-state index in [0.29, 0.717) is 15.7 Å². The van der Waals surface area contributed by atoms with Gasteiger partial charge in [0.25, 0.3) is 0 Å². The van der Waals surface area contributed by atoms with Crippen molar-refractivity contribution in [2.75, 3.05) is 0 Å². The van der Waals surface area contributed by atoms with E-state index in [9.17, 15) is 18.0 Å². The summed E-state index contributed by atoms with van der Waals surface area (Å²) in [6.45, 7) is 5.21. The number of benzene rings is 1. The van der Waals surface area contributed by atoms with Gasteiger partial charge in [-0.15, -0.1) is 0 Å². The van der Waals surface area contributed by atoms with Crippen LogP contribution < -0.4 is 0 Å². The Labute approximate surface area is 140 Å². The quantitative estimate of drug-likeness (QED) is 0.624. The first kappa shape index (κ1) is 17.6. The number of hydrogen-bond donors (Lipinski definition) is 0. The van der Waals surface area contributed by atoms with Crippen LogP contribution in [0.2, 0.25) is 0 Å². The van der Waals surface area contributed by atoms with Crippen molar-refractivity contribution in [3.63, 3.8) is 0 Å². The SMILES string of the molecule is CC(C)(C)OC(=O)n1cc(Br)cc1-c1ccc(C(F)(F)F)cc1. The number of halogens is 4. The lowest BCUT2D eigenvalue weighted by atomic mass is 10.1. The predicted octanol–water partition coefficient (Wildman–Crippen LogP) is 5.72. The Morgan fingerprint density at radius 1 is 1.13 bits per heavy atom. The highest BCUT2D eigenvalue weighted by Gasteiger charge is 2.30. The topological polar surface area (TPSA) is 31.2 Å². The number of nitrogens with zero attached hydrogens (tertiary/aromatic N) is 1. The van der Waals surface area contributed by atoms with E-state index in [4.69, 9.17) is 4.74 Å². The molecule has 23 heavy (non-hydrogen) atoms. The molecule has 1 aromatic heterocycles. The Morgan fingerprint density at radius 3 is 2.17 bits per heavy atom. The van der Waals surface area contributed by atoms with E-state index < -0.39 is 23.4 Å². The van der Waals surface area contributed by atoms with Crippen LogP contribution in [0, 0.1) is 0 Å². The number of rotatable bonds is 1. The van der Waals surface area contributed by atoms with Crippen molar-refractivity contribution in [3.8, 4) is 11.3 Å². The van der Waals surface area contributed by atoms with Crippen molar-refractivity contribution >= 4 is 22.0 Å². The van der Waals surface area contributed by atoms with Crippen LogP contribution in [-0.4, -0.2) is 16.3 Å². The molecule has 0 unspecified atom stereocenters. The fourth-order valence-electron chi connectivity index (χ4n) is 1.94. The Bertz CT molecular complexity index is 712. The van der Waals surface area contributed by atoms with Crippen LogP contribution >= 0.6 is 15.9 Å². The summed E-state index contributed by atoms with van der Waals surface area (Å²) in [5, 5.41) is 0. The average molecular weight is 390 g/mol. The molecule has 0 aliphatic carbocycles. The summed E-state index contributed by atoms with van der Waals surface area (Å²) in [5.74, 6) is 0. The van der Waals surface area contributed by atoms with Crippen molar-refractivity contribution in [1.29, 1.82) is 0 Å². The molecule has 0 bridgehead atoms. The molecule has 124 valence electrons. The summed E-state index contributed by atoms with van der Waals surface area (Å²) in [7, 11) is 0. The van der Waals surface area contributed by atoms with E-state index in [1.807, 2.05) is 0 Å². The highest BCUT2D eigenvalue weighted by atomic mass is 79.9. The van der Waals surface area contributed by atoms with E-state index in [1.54, 1.807) is 26.8 Å². The number of carbonyl (C=O) groups excluding carboxylic acids is 1. The lowest BCUT2D eigenvalue weighted by Crippen LogP contribution is -2.27. The lowest BCUT2D eigenvalue weighted by Gasteiger charge is -2.20. The zero-order valence-corrected chi connectivity index (χ0v) is 14.3. The molecule has 0 spiro atoms. The number of alkyl halides is 3. The first-order valence-electron chi connectivity index (χ1n) is 6.76. The molecular formula is C16H15BrF3NO2. The third-order valence-electron chi connectivity index (χ3n) is 2.88. The number of carbonyl (C=O) groups is 1. The summed E-state index contributed by atoms with van der Waals surface area (Å²) in [4.78, 5) is 12.2. The van der Waals surface area contributed by atoms with Crippen molar-refractivity contribution in [2.24, 2.45) is 0 Å². The minimum atomic E-state index is -4.40. The molecule has 0 radical (unpaired) electrons. The van der Waals surface area contributed by atoms with E-state index in [-0.39, 0.29) is 0 Å². The molecule has 0 aliphatic rings. The van der Waals surface area contributed by atoms with Crippen molar-refractivity contribution in [3.05, 3.63) is 46.6 Å². The minimum Gasteiger partial charge on any atom is -0.443 e. The van der Waals surface area contributed by atoms with Gasteiger partial charge >= 0.3 is 12.3 Å². The Morgan fingerprint density at radius 2 is 1.70 bits per heavy atom. The van der Waals surface area contributed by atoms with Crippen LogP contribution in [0.25, 0.3) is 11.3 Å². The van der Waals surface area contributed by atoms with Crippen LogP contribution in [-0.2, 0) is 10.9 Å². The van der Waals surface area contributed by atoms with Gasteiger partial charge in [0.2, 0.25) is 0 Å². The normalized spacial score (nSPS) is 12.3. The van der Waals surface area contributed by atoms with Gasteiger partial charge in [-0.1, -0.05) is 12.1 Å². The first-order valence-corrected chi connectivity index (χ1v) is 7.55. The van der Waals surface area contributed by atoms with Crippen molar-refractivity contribution in [1.82, 2.24) is 4.57 Å². The molecule has 1 heterocycles. The molecule has 0 atom stereocenters. The molecule has 1 aromatic carbocycles. The van der Waals surface area contributed by atoms with Gasteiger partial charge < -0.3 is 4.74 Å². The molecular weight excluding hydrogens is 375 g/mol. The third-order valence-corrected chi connectivity index (χ3v) is 3.32. The number of hydrogen-bond acceptors (Lipinski definition) is 2. The van der Waals surface area contributed by atoms with Gasteiger partial charge in [-0.3, -0.25) is 4.57 Å². The zero-order valence-electron chi connectivity index (χ0n) is 12.7. The monoisotopic (exact) mass is 389 g/mol. The van der Waals surface area contributed by atoms with Crippen LogP contribution in [0.4, 0.5) is 18.0 Å². The molecule has 0 N–H and O–H groups in total. The molecule has 0 saturated heterocycles. The van der Waals surface area contributed by atoms with E-state index in [1.165, 1.54) is 22.9 Å². The van der Waals surface area contributed by atoms with Crippen LogP contribution in [0.1, 0.15) is 26.3 Å². The summed E-state index contributed by atoms with van der Waals surface area (Å²) in [5.41, 5.74) is -0.490. The van der Waals surface area contributed by atoms with Gasteiger partial charge in [0.05, 0.1) is 11.3 Å². The zero-order chi connectivity index (χ0) is 17.4. The van der Waals surface area contributed by atoms with Crippen LogP contribution in [0.3, 0.4) is 0 Å². The maximum atomic E-state index is 12.6. The van der Waals surface area contributed by atoms with Crippen molar-refractivity contribution in [2.45, 2.75) is 32.5 Å². The largest absolute Gasteiger partial charge is 0.443 e. The van der Waals surface area contributed by atoms with Gasteiger partial charge in [0, 0.05) is 10.7 Å². The van der Waals surface area contributed by atoms with Gasteiger partial charge in [0.15, 0.2) is 0 Å².